The van der Waals surface area contributed by atoms with Gasteiger partial charge in [0, 0.05) is 0 Å². The van der Waals surface area contributed by atoms with Crippen molar-refractivity contribution in [2.24, 2.45) is 0 Å². The van der Waals surface area contributed by atoms with Crippen LogP contribution in [0.15, 0.2) is 0 Å². The standard InChI is InChI=1S/C42H54.C30H42/c1-15-17-19-33-39-29(11)35-25(7)21(3)23(5)27(9)37(35)31(13)41(39)34(20-18-16-2)42-32(14)38-28(10)24(6)22(4)26(8)36(38)30(12)40(33)42;1-11-13-15-25-27-21(7)17(3)19(5)23(9)29(27)26(16-14-12-2)30-24(10)20(6)18(4)22(8)28(25)30/h15-20H2,1-14H3;11-16H2,1-10H3. The van der Waals surface area contributed by atoms with Gasteiger partial charge < -0.3 is 0 Å². The van der Waals surface area contributed by atoms with Crippen LogP contribution in [0.2, 0.25) is 0 Å². The minimum absolute atomic E-state index is 1.14. The Kier molecular flexibility index (Phi) is 16.3. The summed E-state index contributed by atoms with van der Waals surface area (Å²) < 4.78 is 0. The zero-order valence-electron chi connectivity index (χ0n) is 50.5. The quantitative estimate of drug-likeness (QED) is 0.107. The predicted molar refractivity (Wildman–Crippen MR) is 327 cm³/mol. The zero-order valence-corrected chi connectivity index (χ0v) is 50.5. The largest absolute Gasteiger partial charge is 0.0654 e. The molecule has 8 aromatic rings. The van der Waals surface area contributed by atoms with Gasteiger partial charge in [-0.2, -0.15) is 0 Å². The maximum atomic E-state index is 2.45. The van der Waals surface area contributed by atoms with E-state index in [1.807, 2.05) is 0 Å². The maximum Gasteiger partial charge on any atom is -0.0104 e. The summed E-state index contributed by atoms with van der Waals surface area (Å²) in [5.74, 6) is 0. The van der Waals surface area contributed by atoms with Crippen molar-refractivity contribution in [1.29, 1.82) is 0 Å². The van der Waals surface area contributed by atoms with Crippen LogP contribution < -0.4 is 0 Å². The Hall–Kier alpha value is -4.68. The Morgan fingerprint density at radius 1 is 0.153 bits per heavy atom. The zero-order chi connectivity index (χ0) is 53.3. The van der Waals surface area contributed by atoms with Crippen LogP contribution in [0.25, 0.3) is 64.6 Å². The van der Waals surface area contributed by atoms with Gasteiger partial charge in [0.25, 0.3) is 0 Å². The lowest BCUT2D eigenvalue weighted by atomic mass is 9.75. The van der Waals surface area contributed by atoms with E-state index in [-0.39, 0.29) is 0 Å². The summed E-state index contributed by atoms with van der Waals surface area (Å²) in [4.78, 5) is 0. The summed E-state index contributed by atoms with van der Waals surface area (Å²) in [6.45, 7) is 56.7. The summed E-state index contributed by atoms with van der Waals surface area (Å²) in [7, 11) is 0. The molecule has 0 radical (unpaired) electrons. The van der Waals surface area contributed by atoms with Gasteiger partial charge in [0.1, 0.15) is 0 Å². The monoisotopic (exact) mass is 961 g/mol. The highest BCUT2D eigenvalue weighted by Gasteiger charge is 2.28. The molecule has 0 atom stereocenters. The molecule has 8 rings (SSSR count). The molecule has 0 unspecified atom stereocenters. The van der Waals surface area contributed by atoms with E-state index in [1.54, 1.807) is 65.3 Å². The smallest absolute Gasteiger partial charge is 0.0104 e. The van der Waals surface area contributed by atoms with Gasteiger partial charge in [-0.1, -0.05) is 53.4 Å². The lowest BCUT2D eigenvalue weighted by Gasteiger charge is -2.28. The van der Waals surface area contributed by atoms with Gasteiger partial charge in [-0.3, -0.25) is 0 Å². The van der Waals surface area contributed by atoms with Crippen LogP contribution in [-0.2, 0) is 25.7 Å². The van der Waals surface area contributed by atoms with Crippen LogP contribution in [-0.4, -0.2) is 0 Å². The van der Waals surface area contributed by atoms with Crippen molar-refractivity contribution >= 4 is 64.6 Å². The maximum absolute atomic E-state index is 2.45. The molecule has 8 aromatic carbocycles. The topological polar surface area (TPSA) is 0 Å². The molecule has 0 aliphatic carbocycles. The molecule has 0 N–H and O–H groups in total. The second kappa shape index (κ2) is 21.3. The molecular formula is C72H96. The molecule has 72 heavy (non-hydrogen) atoms. The van der Waals surface area contributed by atoms with Crippen molar-refractivity contribution in [3.05, 3.63) is 134 Å². The number of unbranched alkanes of at least 4 members (excludes halogenated alkanes) is 4. The number of benzene rings is 8. The van der Waals surface area contributed by atoms with Gasteiger partial charge >= 0.3 is 0 Å². The molecule has 0 saturated carbocycles. The molecule has 0 saturated heterocycles. The summed E-state index contributed by atoms with van der Waals surface area (Å²) in [5.41, 5.74) is 36.1. The molecule has 384 valence electrons. The summed E-state index contributed by atoms with van der Waals surface area (Å²) in [6.07, 6.45) is 14.5. The van der Waals surface area contributed by atoms with Crippen molar-refractivity contribution < 1.29 is 0 Å². The van der Waals surface area contributed by atoms with Crippen LogP contribution in [0, 0.1) is 138 Å². The molecule has 0 bridgehead atoms. The van der Waals surface area contributed by atoms with Crippen molar-refractivity contribution in [2.75, 3.05) is 0 Å². The van der Waals surface area contributed by atoms with E-state index in [4.69, 9.17) is 0 Å². The Morgan fingerprint density at radius 3 is 0.417 bits per heavy atom. The second-order valence-electron chi connectivity index (χ2n) is 23.3. The van der Waals surface area contributed by atoms with E-state index in [2.05, 4.69) is 166 Å². The second-order valence-corrected chi connectivity index (χ2v) is 23.3. The number of hydrogen-bond acceptors (Lipinski definition) is 0. The molecule has 0 nitrogen and oxygen atoms in total. The molecule has 0 spiro atoms. The van der Waals surface area contributed by atoms with Gasteiger partial charge in [0.2, 0.25) is 0 Å². The first-order valence-corrected chi connectivity index (χ1v) is 28.7. The predicted octanol–water partition coefficient (Wildman–Crippen LogP) is 21.8. The van der Waals surface area contributed by atoms with Crippen molar-refractivity contribution in [3.8, 4) is 0 Å². The highest BCUT2D eigenvalue weighted by molar-refractivity contribution is 6.21. The molecule has 0 aliphatic rings. The number of fused-ring (bicyclic) bond motifs is 6. The number of aryl methyl sites for hydroxylation is 16. The van der Waals surface area contributed by atoms with Crippen LogP contribution in [0.4, 0.5) is 0 Å². The average Bonchev–Trinajstić information content (AvgIpc) is 3.36. The third kappa shape index (κ3) is 8.40. The fourth-order valence-electron chi connectivity index (χ4n) is 14.3. The Balaban J connectivity index is 0.000000224. The Morgan fingerprint density at radius 2 is 0.278 bits per heavy atom. The molecule has 0 fully saturated rings. The molecule has 0 heterocycles. The number of hydrogen-bond donors (Lipinski definition) is 0. The lowest BCUT2D eigenvalue weighted by Crippen LogP contribution is -2.07. The summed E-state index contributed by atoms with van der Waals surface area (Å²) in [5, 5.41) is 18.6. The van der Waals surface area contributed by atoms with Crippen molar-refractivity contribution in [2.45, 2.75) is 243 Å². The third-order valence-electron chi connectivity index (χ3n) is 19.8. The van der Waals surface area contributed by atoms with Gasteiger partial charge in [0.15, 0.2) is 0 Å². The third-order valence-corrected chi connectivity index (χ3v) is 19.8. The van der Waals surface area contributed by atoms with E-state index in [0.29, 0.717) is 0 Å². The van der Waals surface area contributed by atoms with Crippen LogP contribution in [0.5, 0.6) is 0 Å². The molecule has 0 amide bonds. The highest BCUT2D eigenvalue weighted by atomic mass is 14.3. The summed E-state index contributed by atoms with van der Waals surface area (Å²) >= 11 is 0. The van der Waals surface area contributed by atoms with Gasteiger partial charge in [-0.25, -0.2) is 0 Å². The van der Waals surface area contributed by atoms with Crippen LogP contribution >= 0.6 is 0 Å². The molecule has 0 aliphatic heterocycles. The Bertz CT molecular complexity index is 3070. The van der Waals surface area contributed by atoms with E-state index in [9.17, 15) is 0 Å². The highest BCUT2D eigenvalue weighted by Crippen LogP contribution is 2.50. The Labute approximate surface area is 439 Å². The van der Waals surface area contributed by atoms with E-state index < -0.39 is 0 Å². The fraction of sp³-hybridized carbons (Fsp3) is 0.500. The fourth-order valence-corrected chi connectivity index (χ4v) is 14.3. The van der Waals surface area contributed by atoms with Gasteiger partial charge in [-0.05, 0) is 388 Å². The average molecular weight is 962 g/mol. The normalized spacial score (nSPS) is 12.0. The molecular weight excluding hydrogens is 865 g/mol. The first-order chi connectivity index (χ1) is 34.0. The first kappa shape index (κ1) is 55.1. The first-order valence-electron chi connectivity index (χ1n) is 28.7. The summed E-state index contributed by atoms with van der Waals surface area (Å²) in [6, 6.07) is 0. The molecule has 0 aromatic heterocycles. The minimum atomic E-state index is 1.14. The van der Waals surface area contributed by atoms with Crippen molar-refractivity contribution in [3.63, 3.8) is 0 Å². The number of rotatable bonds is 12. The van der Waals surface area contributed by atoms with E-state index >= 15 is 0 Å². The van der Waals surface area contributed by atoms with E-state index in [1.165, 1.54) is 197 Å². The van der Waals surface area contributed by atoms with Crippen LogP contribution in [0.1, 0.15) is 213 Å². The van der Waals surface area contributed by atoms with Crippen LogP contribution in [0.3, 0.4) is 0 Å². The SMILES string of the molecule is CCCCc1c2c(C)c(C)c(C)c(C)c2c(CCCC)c2c(C)c(C)c(C)c(C)c12.CCCCc1c2c(C)c3c(C)c(C)c(C)c(C)c3c(C)c2c(CCCC)c2c(C)c3c(C)c(C)c(C)c(C)c3c(C)c12. The van der Waals surface area contributed by atoms with Gasteiger partial charge in [0.05, 0.1) is 0 Å². The van der Waals surface area contributed by atoms with E-state index in [0.717, 1.165) is 12.8 Å². The van der Waals surface area contributed by atoms with Gasteiger partial charge in [-0.15, -0.1) is 0 Å². The lowest BCUT2D eigenvalue weighted by molar-refractivity contribution is 0.796. The minimum Gasteiger partial charge on any atom is -0.0654 e. The van der Waals surface area contributed by atoms with Crippen molar-refractivity contribution in [1.82, 2.24) is 0 Å². The molecule has 0 heteroatoms.